The first-order valence-electron chi connectivity index (χ1n) is 6.55. The Labute approximate surface area is 114 Å². The topological polar surface area (TPSA) is 90.0 Å². The third-order valence-corrected chi connectivity index (χ3v) is 5.48. The summed E-state index contributed by atoms with van der Waals surface area (Å²) >= 11 is 0. The molecule has 19 heavy (non-hydrogen) atoms. The number of carboxylic acids is 1. The van der Waals surface area contributed by atoms with Gasteiger partial charge in [0.1, 0.15) is 0 Å². The van der Waals surface area contributed by atoms with Crippen LogP contribution in [0.4, 0.5) is 0 Å². The number of nitrogens with one attached hydrogen (secondary N) is 1. The molecule has 0 saturated carbocycles. The summed E-state index contributed by atoms with van der Waals surface area (Å²) < 4.78 is 27.4. The van der Waals surface area contributed by atoms with E-state index in [1.54, 1.807) is 0 Å². The number of rotatable bonds is 7. The van der Waals surface area contributed by atoms with E-state index >= 15 is 0 Å². The Hall–Kier alpha value is -0.700. The van der Waals surface area contributed by atoms with E-state index in [9.17, 15) is 13.2 Å². The molecule has 0 aromatic rings. The summed E-state index contributed by atoms with van der Waals surface area (Å²) in [7, 11) is -2.14. The molecule has 0 unspecified atom stereocenters. The minimum Gasteiger partial charge on any atom is -0.481 e. The molecule has 1 saturated heterocycles. The Bertz CT molecular complexity index is 393. The summed E-state index contributed by atoms with van der Waals surface area (Å²) in [4.78, 5) is 10.5. The van der Waals surface area contributed by atoms with Gasteiger partial charge in [-0.15, -0.1) is 0 Å². The van der Waals surface area contributed by atoms with Gasteiger partial charge in [0.25, 0.3) is 10.2 Å². The number of carboxylic acid groups (broad SMARTS) is 1. The maximum Gasteiger partial charge on any atom is 0.304 e. The van der Waals surface area contributed by atoms with E-state index in [1.165, 1.54) is 11.4 Å². The lowest BCUT2D eigenvalue weighted by Gasteiger charge is -2.35. The molecule has 0 aliphatic carbocycles. The Balaban J connectivity index is 2.73. The monoisotopic (exact) mass is 293 g/mol. The van der Waals surface area contributed by atoms with E-state index in [1.807, 2.05) is 6.92 Å². The lowest BCUT2D eigenvalue weighted by atomic mass is 10.1. The number of carbonyl (C=O) groups is 1. The highest BCUT2D eigenvalue weighted by Gasteiger charge is 2.32. The standard InChI is InChI=1S/C11H23N3O4S/c1-3-14(10-4-7-12-8-5-10)19(17,18)13(2)9-6-11(15)16/h10,12H,3-9H2,1-2H3,(H,15,16). The summed E-state index contributed by atoms with van der Waals surface area (Å²) in [6.07, 6.45) is 1.40. The maximum atomic E-state index is 12.4. The van der Waals surface area contributed by atoms with Crippen LogP contribution in [0.1, 0.15) is 26.2 Å². The largest absolute Gasteiger partial charge is 0.481 e. The molecule has 0 aromatic heterocycles. The zero-order chi connectivity index (χ0) is 14.5. The van der Waals surface area contributed by atoms with Gasteiger partial charge in [-0.2, -0.15) is 17.0 Å². The molecule has 0 atom stereocenters. The zero-order valence-corrected chi connectivity index (χ0v) is 12.3. The first-order valence-corrected chi connectivity index (χ1v) is 7.95. The van der Waals surface area contributed by atoms with Crippen LogP contribution in [0.25, 0.3) is 0 Å². The maximum absolute atomic E-state index is 12.4. The van der Waals surface area contributed by atoms with Crippen LogP contribution in [0.3, 0.4) is 0 Å². The van der Waals surface area contributed by atoms with Gasteiger partial charge in [0, 0.05) is 26.2 Å². The first kappa shape index (κ1) is 16.4. The molecule has 1 rings (SSSR count). The van der Waals surface area contributed by atoms with Crippen molar-refractivity contribution in [3.05, 3.63) is 0 Å². The van der Waals surface area contributed by atoms with E-state index < -0.39 is 16.2 Å². The van der Waals surface area contributed by atoms with Crippen LogP contribution in [0.15, 0.2) is 0 Å². The second kappa shape index (κ2) is 7.18. The van der Waals surface area contributed by atoms with E-state index in [2.05, 4.69) is 5.32 Å². The summed E-state index contributed by atoms with van der Waals surface area (Å²) in [6.45, 7) is 3.85. The van der Waals surface area contributed by atoms with Gasteiger partial charge in [-0.05, 0) is 25.9 Å². The van der Waals surface area contributed by atoms with Crippen molar-refractivity contribution in [3.8, 4) is 0 Å². The van der Waals surface area contributed by atoms with Gasteiger partial charge in [-0.1, -0.05) is 6.92 Å². The molecule has 112 valence electrons. The van der Waals surface area contributed by atoms with Crippen LogP contribution in [-0.2, 0) is 15.0 Å². The fourth-order valence-corrected chi connectivity index (χ4v) is 3.85. The van der Waals surface area contributed by atoms with Crippen molar-refractivity contribution >= 4 is 16.2 Å². The predicted octanol–water partition coefficient (Wildman–Crippen LogP) is -0.288. The molecule has 1 aliphatic rings. The van der Waals surface area contributed by atoms with Gasteiger partial charge in [0.05, 0.1) is 6.42 Å². The van der Waals surface area contributed by atoms with Crippen LogP contribution in [-0.4, -0.2) is 67.4 Å². The van der Waals surface area contributed by atoms with Gasteiger partial charge in [0.2, 0.25) is 0 Å². The molecule has 1 heterocycles. The predicted molar refractivity (Wildman–Crippen MR) is 72.1 cm³/mol. The second-order valence-electron chi connectivity index (χ2n) is 4.66. The highest BCUT2D eigenvalue weighted by atomic mass is 32.2. The minimum atomic E-state index is -3.57. The van der Waals surface area contributed by atoms with Gasteiger partial charge < -0.3 is 10.4 Å². The van der Waals surface area contributed by atoms with Crippen LogP contribution < -0.4 is 5.32 Å². The number of piperidine rings is 1. The molecule has 1 aliphatic heterocycles. The van der Waals surface area contributed by atoms with E-state index in [0.717, 1.165) is 30.2 Å². The van der Waals surface area contributed by atoms with E-state index in [0.29, 0.717) is 6.54 Å². The summed E-state index contributed by atoms with van der Waals surface area (Å²) in [6, 6.07) is 0.00327. The molecule has 0 radical (unpaired) electrons. The van der Waals surface area contributed by atoms with Crippen molar-refractivity contribution in [1.29, 1.82) is 0 Å². The number of hydrogen-bond donors (Lipinski definition) is 2. The Morgan fingerprint density at radius 3 is 2.42 bits per heavy atom. The van der Waals surface area contributed by atoms with Gasteiger partial charge in [-0.25, -0.2) is 0 Å². The van der Waals surface area contributed by atoms with Crippen molar-refractivity contribution in [2.45, 2.75) is 32.2 Å². The lowest BCUT2D eigenvalue weighted by Crippen LogP contribution is -2.50. The van der Waals surface area contributed by atoms with Gasteiger partial charge >= 0.3 is 5.97 Å². The van der Waals surface area contributed by atoms with Crippen LogP contribution >= 0.6 is 0 Å². The molecule has 0 aromatic carbocycles. The van der Waals surface area contributed by atoms with Crippen molar-refractivity contribution < 1.29 is 18.3 Å². The Morgan fingerprint density at radius 1 is 1.37 bits per heavy atom. The fourth-order valence-electron chi connectivity index (χ4n) is 2.25. The highest BCUT2D eigenvalue weighted by Crippen LogP contribution is 2.18. The van der Waals surface area contributed by atoms with Crippen molar-refractivity contribution in [3.63, 3.8) is 0 Å². The lowest BCUT2D eigenvalue weighted by molar-refractivity contribution is -0.137. The normalized spacial score (nSPS) is 18.1. The zero-order valence-electron chi connectivity index (χ0n) is 11.5. The minimum absolute atomic E-state index is 0.000856. The van der Waals surface area contributed by atoms with Gasteiger partial charge in [0.15, 0.2) is 0 Å². The highest BCUT2D eigenvalue weighted by molar-refractivity contribution is 7.86. The molecule has 2 N–H and O–H groups in total. The summed E-state index contributed by atoms with van der Waals surface area (Å²) in [5, 5.41) is 11.8. The van der Waals surface area contributed by atoms with Crippen molar-refractivity contribution in [2.24, 2.45) is 0 Å². The van der Waals surface area contributed by atoms with Gasteiger partial charge in [-0.3, -0.25) is 4.79 Å². The SMILES string of the molecule is CCN(C1CCNCC1)S(=O)(=O)N(C)CCC(=O)O. The molecule has 1 fully saturated rings. The summed E-state index contributed by atoms with van der Waals surface area (Å²) in [5.74, 6) is -0.994. The number of aliphatic carboxylic acids is 1. The second-order valence-corrected chi connectivity index (χ2v) is 6.65. The van der Waals surface area contributed by atoms with E-state index in [4.69, 9.17) is 5.11 Å². The smallest absolute Gasteiger partial charge is 0.304 e. The molecule has 0 bridgehead atoms. The average molecular weight is 293 g/mol. The van der Waals surface area contributed by atoms with Crippen LogP contribution in [0.2, 0.25) is 0 Å². The quantitative estimate of drug-likeness (QED) is 0.673. The van der Waals surface area contributed by atoms with Crippen molar-refractivity contribution in [1.82, 2.24) is 13.9 Å². The van der Waals surface area contributed by atoms with E-state index in [-0.39, 0.29) is 19.0 Å². The number of hydrogen-bond acceptors (Lipinski definition) is 4. The number of nitrogens with zero attached hydrogens (tertiary/aromatic N) is 2. The average Bonchev–Trinajstić information content (AvgIpc) is 2.37. The summed E-state index contributed by atoms with van der Waals surface area (Å²) in [5.41, 5.74) is 0. The molecular formula is C11H23N3O4S. The third-order valence-electron chi connectivity index (χ3n) is 3.36. The molecule has 0 amide bonds. The Kier molecular flexibility index (Phi) is 6.18. The van der Waals surface area contributed by atoms with Crippen LogP contribution in [0.5, 0.6) is 0 Å². The Morgan fingerprint density at radius 2 is 1.95 bits per heavy atom. The first-order chi connectivity index (χ1) is 8.89. The molecule has 7 nitrogen and oxygen atoms in total. The third kappa shape index (κ3) is 4.41. The molecule has 8 heteroatoms. The fraction of sp³-hybridized carbons (Fsp3) is 0.909. The molecule has 0 spiro atoms. The van der Waals surface area contributed by atoms with Crippen molar-refractivity contribution in [2.75, 3.05) is 33.2 Å². The van der Waals surface area contributed by atoms with Crippen LogP contribution in [0, 0.1) is 0 Å². The molecular weight excluding hydrogens is 270 g/mol.